The fourth-order valence-corrected chi connectivity index (χ4v) is 2.62. The lowest BCUT2D eigenvalue weighted by Crippen LogP contribution is -2.23. The van der Waals surface area contributed by atoms with Gasteiger partial charge in [0.05, 0.1) is 18.4 Å². The minimum absolute atomic E-state index is 0.0848. The van der Waals surface area contributed by atoms with E-state index in [9.17, 15) is 20.0 Å². The highest BCUT2D eigenvalue weighted by Gasteiger charge is 2.18. The predicted octanol–water partition coefficient (Wildman–Crippen LogP) is 2.65. The molecule has 1 N–H and O–H groups in total. The van der Waals surface area contributed by atoms with Crippen LogP contribution in [0.3, 0.4) is 0 Å². The van der Waals surface area contributed by atoms with Crippen molar-refractivity contribution in [1.82, 2.24) is 4.57 Å². The number of pyridine rings is 1. The number of methoxy groups -OCH3 is 1. The second-order valence-electron chi connectivity index (χ2n) is 5.45. The van der Waals surface area contributed by atoms with Crippen LogP contribution in [0.5, 0.6) is 11.5 Å². The third-order valence-electron chi connectivity index (χ3n) is 3.89. The summed E-state index contributed by atoms with van der Waals surface area (Å²) in [5.41, 5.74) is -0.151. The molecule has 128 valence electrons. The molecule has 1 aromatic heterocycles. The van der Waals surface area contributed by atoms with Crippen molar-refractivity contribution in [3.63, 3.8) is 0 Å². The maximum absolute atomic E-state index is 12.8. The van der Waals surface area contributed by atoms with E-state index in [0.29, 0.717) is 11.4 Å². The quantitative estimate of drug-likeness (QED) is 0.733. The summed E-state index contributed by atoms with van der Waals surface area (Å²) in [5, 5.41) is 19.2. The van der Waals surface area contributed by atoms with Gasteiger partial charge in [0.2, 0.25) is 0 Å². The lowest BCUT2D eigenvalue weighted by Gasteiger charge is -2.13. The van der Waals surface area contributed by atoms with Crippen molar-refractivity contribution in [2.24, 2.45) is 0 Å². The summed E-state index contributed by atoms with van der Waals surface area (Å²) in [6.07, 6.45) is 1.34. The van der Waals surface area contributed by atoms with Gasteiger partial charge in [0.1, 0.15) is 23.1 Å². The van der Waals surface area contributed by atoms with Crippen LogP contribution in [0.25, 0.3) is 5.69 Å². The second-order valence-corrected chi connectivity index (χ2v) is 5.45. The van der Waals surface area contributed by atoms with Crippen molar-refractivity contribution in [3.8, 4) is 23.3 Å². The number of nitriles is 1. The average Bonchev–Trinajstić information content (AvgIpc) is 2.68. The largest absolute Gasteiger partial charge is 0.507 e. The van der Waals surface area contributed by atoms with Gasteiger partial charge in [0, 0.05) is 11.8 Å². The molecule has 0 atom stereocenters. The first-order chi connectivity index (χ1) is 12.6. The van der Waals surface area contributed by atoms with E-state index in [1.54, 1.807) is 36.4 Å². The van der Waals surface area contributed by atoms with E-state index in [-0.39, 0.29) is 22.4 Å². The number of hydrogen-bond acceptors (Lipinski definition) is 5. The monoisotopic (exact) mass is 346 g/mol. The minimum Gasteiger partial charge on any atom is -0.507 e. The van der Waals surface area contributed by atoms with Gasteiger partial charge in [-0.1, -0.05) is 24.3 Å². The Bertz CT molecular complexity index is 1090. The Morgan fingerprint density at radius 3 is 2.54 bits per heavy atom. The molecule has 2 aromatic carbocycles. The zero-order valence-corrected chi connectivity index (χ0v) is 13.8. The minimum atomic E-state index is -0.564. The maximum Gasteiger partial charge on any atom is 0.273 e. The van der Waals surface area contributed by atoms with Gasteiger partial charge in [-0.05, 0) is 30.3 Å². The smallest absolute Gasteiger partial charge is 0.273 e. The summed E-state index contributed by atoms with van der Waals surface area (Å²) < 4.78 is 6.46. The molecule has 0 bridgehead atoms. The Morgan fingerprint density at radius 2 is 1.85 bits per heavy atom. The van der Waals surface area contributed by atoms with E-state index < -0.39 is 11.3 Å². The molecular weight excluding hydrogens is 332 g/mol. The van der Waals surface area contributed by atoms with E-state index in [1.165, 1.54) is 36.1 Å². The Hall–Kier alpha value is -3.85. The summed E-state index contributed by atoms with van der Waals surface area (Å²) in [6.45, 7) is 0. The molecule has 6 nitrogen and oxygen atoms in total. The number of rotatable bonds is 4. The number of nitrogens with zero attached hydrogens (tertiary/aromatic N) is 2. The van der Waals surface area contributed by atoms with Gasteiger partial charge in [-0.15, -0.1) is 0 Å². The van der Waals surface area contributed by atoms with Crippen LogP contribution in [-0.4, -0.2) is 22.6 Å². The molecule has 0 unspecified atom stereocenters. The standard InChI is InChI=1S/C20H14N2O4/c1-26-18-9-5-3-7-16(18)22-12-14(10-13(11-21)20(22)25)19(24)15-6-2-4-8-17(15)23/h2-10,12,23H,1H3. The van der Waals surface area contributed by atoms with Crippen molar-refractivity contribution >= 4 is 5.78 Å². The summed E-state index contributed by atoms with van der Waals surface area (Å²) >= 11 is 0. The van der Waals surface area contributed by atoms with Gasteiger partial charge < -0.3 is 9.84 Å². The molecule has 0 saturated heterocycles. The van der Waals surface area contributed by atoms with Crippen LogP contribution in [0.2, 0.25) is 0 Å². The summed E-state index contributed by atoms with van der Waals surface area (Å²) in [4.78, 5) is 25.3. The molecule has 0 fully saturated rings. The maximum atomic E-state index is 12.8. The first kappa shape index (κ1) is 17.0. The fourth-order valence-electron chi connectivity index (χ4n) is 2.62. The van der Waals surface area contributed by atoms with Crippen LogP contribution in [0.1, 0.15) is 21.5 Å². The molecule has 0 aliphatic heterocycles. The molecule has 0 radical (unpaired) electrons. The predicted molar refractivity (Wildman–Crippen MR) is 94.8 cm³/mol. The Morgan fingerprint density at radius 1 is 1.15 bits per heavy atom. The van der Waals surface area contributed by atoms with Gasteiger partial charge in [0.15, 0.2) is 5.78 Å². The van der Waals surface area contributed by atoms with Gasteiger partial charge in [-0.2, -0.15) is 5.26 Å². The number of hydrogen-bond donors (Lipinski definition) is 1. The van der Waals surface area contributed by atoms with E-state index >= 15 is 0 Å². The third kappa shape index (κ3) is 2.94. The summed E-state index contributed by atoms with van der Waals surface area (Å²) in [5.74, 6) is -0.250. The highest BCUT2D eigenvalue weighted by atomic mass is 16.5. The van der Waals surface area contributed by atoms with Crippen molar-refractivity contribution < 1.29 is 14.6 Å². The lowest BCUT2D eigenvalue weighted by molar-refractivity contribution is 0.103. The van der Waals surface area contributed by atoms with Crippen LogP contribution in [-0.2, 0) is 0 Å². The SMILES string of the molecule is COc1ccccc1-n1cc(C(=O)c2ccccc2O)cc(C#N)c1=O. The molecule has 3 aromatic rings. The summed E-state index contributed by atoms with van der Waals surface area (Å²) in [7, 11) is 1.46. The van der Waals surface area contributed by atoms with E-state index in [2.05, 4.69) is 0 Å². The highest BCUT2D eigenvalue weighted by Crippen LogP contribution is 2.23. The van der Waals surface area contributed by atoms with Crippen molar-refractivity contribution in [2.75, 3.05) is 7.11 Å². The number of ether oxygens (including phenoxy) is 1. The molecule has 0 amide bonds. The fraction of sp³-hybridized carbons (Fsp3) is 0.0500. The van der Waals surface area contributed by atoms with Gasteiger partial charge in [-0.25, -0.2) is 0 Å². The number of carbonyl (C=O) groups is 1. The normalized spacial score (nSPS) is 10.2. The Balaban J connectivity index is 2.24. The van der Waals surface area contributed by atoms with Crippen LogP contribution in [0.4, 0.5) is 0 Å². The first-order valence-corrected chi connectivity index (χ1v) is 7.69. The lowest BCUT2D eigenvalue weighted by atomic mass is 10.0. The first-order valence-electron chi connectivity index (χ1n) is 7.69. The third-order valence-corrected chi connectivity index (χ3v) is 3.89. The number of aromatic nitrogens is 1. The number of benzene rings is 2. The molecule has 3 rings (SSSR count). The number of para-hydroxylation sites is 3. The molecule has 6 heteroatoms. The summed E-state index contributed by atoms with van der Waals surface area (Å²) in [6, 6.07) is 15.9. The van der Waals surface area contributed by atoms with Crippen molar-refractivity contribution in [3.05, 3.63) is 87.8 Å². The number of carbonyl (C=O) groups excluding carboxylic acids is 1. The van der Waals surface area contributed by atoms with Crippen LogP contribution >= 0.6 is 0 Å². The number of phenols is 1. The number of ketones is 1. The zero-order chi connectivity index (χ0) is 18.7. The molecule has 1 heterocycles. The second kappa shape index (κ2) is 6.95. The molecule has 0 aliphatic carbocycles. The number of aromatic hydroxyl groups is 1. The van der Waals surface area contributed by atoms with Crippen LogP contribution < -0.4 is 10.3 Å². The van der Waals surface area contributed by atoms with Crippen LogP contribution in [0.15, 0.2) is 65.6 Å². The van der Waals surface area contributed by atoms with Gasteiger partial charge >= 0.3 is 0 Å². The van der Waals surface area contributed by atoms with Crippen molar-refractivity contribution in [1.29, 1.82) is 5.26 Å². The van der Waals surface area contributed by atoms with Gasteiger partial charge in [0.25, 0.3) is 5.56 Å². The van der Waals surface area contributed by atoms with Crippen molar-refractivity contribution in [2.45, 2.75) is 0 Å². The van der Waals surface area contributed by atoms with Gasteiger partial charge in [-0.3, -0.25) is 14.2 Å². The van der Waals surface area contributed by atoms with E-state index in [0.717, 1.165) is 0 Å². The number of phenolic OH excluding ortho intramolecular Hbond substituents is 1. The topological polar surface area (TPSA) is 92.3 Å². The average molecular weight is 346 g/mol. The molecule has 0 spiro atoms. The van der Waals surface area contributed by atoms with E-state index in [1.807, 2.05) is 6.07 Å². The molecular formula is C20H14N2O4. The Kier molecular flexibility index (Phi) is 4.54. The molecule has 0 aliphatic rings. The van der Waals surface area contributed by atoms with E-state index in [4.69, 9.17) is 4.74 Å². The highest BCUT2D eigenvalue weighted by molar-refractivity contribution is 6.10. The zero-order valence-electron chi connectivity index (χ0n) is 13.8. The van der Waals surface area contributed by atoms with Crippen LogP contribution in [0, 0.1) is 11.3 Å². The molecule has 0 saturated carbocycles. The molecule has 26 heavy (non-hydrogen) atoms. The Labute approximate surface area is 149 Å².